The molecule has 31 heavy (non-hydrogen) atoms. The van der Waals surface area contributed by atoms with Crippen molar-refractivity contribution < 1.29 is 19.1 Å². The highest BCUT2D eigenvalue weighted by atomic mass is 16.5. The fraction of sp³-hybridized carbons (Fsp3) is 0.458. The molecule has 2 bridgehead atoms. The molecule has 1 aromatic carbocycles. The minimum absolute atomic E-state index is 0.0333. The lowest BCUT2D eigenvalue weighted by Crippen LogP contribution is -2.67. The number of pyridine rings is 1. The van der Waals surface area contributed by atoms with Crippen molar-refractivity contribution in [1.29, 1.82) is 0 Å². The summed E-state index contributed by atoms with van der Waals surface area (Å²) in [6, 6.07) is 9.21. The minimum Gasteiger partial charge on any atom is -0.497 e. The van der Waals surface area contributed by atoms with Gasteiger partial charge in [0.1, 0.15) is 11.5 Å². The predicted octanol–water partition coefficient (Wildman–Crippen LogP) is 2.70. The van der Waals surface area contributed by atoms with Crippen LogP contribution in [-0.2, 0) is 11.2 Å². The van der Waals surface area contributed by atoms with Gasteiger partial charge in [0.25, 0.3) is 5.91 Å². The van der Waals surface area contributed by atoms with Crippen LogP contribution in [0, 0.1) is 17.8 Å². The average molecular weight is 421 g/mol. The second-order valence-corrected chi connectivity index (χ2v) is 8.78. The number of fused-ring (bicyclic) bond motifs is 3. The molecule has 4 atom stereocenters. The monoisotopic (exact) mass is 421 g/mol. The fourth-order valence-corrected chi connectivity index (χ4v) is 5.45. The molecule has 7 heteroatoms. The van der Waals surface area contributed by atoms with E-state index in [0.29, 0.717) is 30.0 Å². The minimum atomic E-state index is -0.729. The van der Waals surface area contributed by atoms with Gasteiger partial charge in [-0.1, -0.05) is 0 Å². The summed E-state index contributed by atoms with van der Waals surface area (Å²) in [6.07, 6.45) is 7.64. The summed E-state index contributed by atoms with van der Waals surface area (Å²) >= 11 is 0. The maximum absolute atomic E-state index is 12.9. The highest BCUT2D eigenvalue weighted by Gasteiger charge is 2.57. The zero-order valence-corrected chi connectivity index (χ0v) is 17.6. The van der Waals surface area contributed by atoms with E-state index in [0.717, 1.165) is 31.2 Å². The highest BCUT2D eigenvalue weighted by Crippen LogP contribution is 2.52. The molecule has 2 aromatic rings. The van der Waals surface area contributed by atoms with Crippen LogP contribution in [-0.4, -0.2) is 36.2 Å². The maximum Gasteiger partial charge on any atom is 0.258 e. The van der Waals surface area contributed by atoms with Crippen molar-refractivity contribution in [2.24, 2.45) is 17.8 Å². The van der Waals surface area contributed by atoms with E-state index in [1.54, 1.807) is 37.7 Å². The molecule has 1 aromatic heterocycles. The lowest BCUT2D eigenvalue weighted by molar-refractivity contribution is -0.146. The number of methoxy groups -OCH3 is 1. The number of hydrogen-bond donors (Lipinski definition) is 2. The Balaban J connectivity index is 1.26. The van der Waals surface area contributed by atoms with E-state index in [4.69, 9.17) is 9.47 Å². The lowest BCUT2D eigenvalue weighted by Gasteiger charge is -2.55. The van der Waals surface area contributed by atoms with Crippen LogP contribution in [0.1, 0.15) is 41.6 Å². The van der Waals surface area contributed by atoms with Crippen LogP contribution in [0.25, 0.3) is 0 Å². The number of benzene rings is 1. The molecule has 0 radical (unpaired) electrons. The number of nitrogens with one attached hydrogen (secondary N) is 2. The summed E-state index contributed by atoms with van der Waals surface area (Å²) < 4.78 is 11.7. The van der Waals surface area contributed by atoms with Gasteiger partial charge in [0.15, 0.2) is 5.72 Å². The summed E-state index contributed by atoms with van der Waals surface area (Å²) in [6.45, 7) is 0.613. The number of nitrogens with zero attached hydrogens (tertiary/aromatic N) is 1. The average Bonchev–Trinajstić information content (AvgIpc) is 2.79. The first-order valence-corrected chi connectivity index (χ1v) is 10.9. The number of rotatable bonds is 5. The van der Waals surface area contributed by atoms with Gasteiger partial charge in [-0.05, 0) is 61.4 Å². The van der Waals surface area contributed by atoms with E-state index < -0.39 is 5.72 Å². The van der Waals surface area contributed by atoms with Gasteiger partial charge in [0.2, 0.25) is 5.91 Å². The van der Waals surface area contributed by atoms with Gasteiger partial charge in [-0.15, -0.1) is 0 Å². The Bertz CT molecular complexity index is 996. The molecule has 1 aliphatic heterocycles. The van der Waals surface area contributed by atoms with E-state index in [-0.39, 0.29) is 29.6 Å². The number of amides is 2. The van der Waals surface area contributed by atoms with E-state index in [2.05, 4.69) is 15.6 Å². The topological polar surface area (TPSA) is 89.6 Å². The van der Waals surface area contributed by atoms with Gasteiger partial charge in [-0.25, -0.2) is 0 Å². The molecule has 7 nitrogen and oxygen atoms in total. The molecular weight excluding hydrogens is 394 g/mol. The third-order valence-electron chi connectivity index (χ3n) is 7.07. The first-order chi connectivity index (χ1) is 15.1. The number of carbonyl (C=O) groups excluding carboxylic acids is 2. The molecule has 1 spiro atoms. The van der Waals surface area contributed by atoms with Crippen molar-refractivity contribution in [2.45, 2.75) is 37.8 Å². The third-order valence-corrected chi connectivity index (χ3v) is 7.07. The van der Waals surface area contributed by atoms with Crippen LogP contribution < -0.4 is 20.1 Å². The number of hydrogen-bond acceptors (Lipinski definition) is 5. The Morgan fingerprint density at radius 3 is 2.87 bits per heavy atom. The molecule has 6 rings (SSSR count). The Kier molecular flexibility index (Phi) is 5.04. The Labute approximate surface area is 181 Å². The molecule has 162 valence electrons. The van der Waals surface area contributed by atoms with Crippen LogP contribution in [0.2, 0.25) is 0 Å². The van der Waals surface area contributed by atoms with E-state index >= 15 is 0 Å². The largest absolute Gasteiger partial charge is 0.497 e. The Morgan fingerprint density at radius 2 is 2.13 bits per heavy atom. The zero-order chi connectivity index (χ0) is 21.4. The molecule has 3 aliphatic carbocycles. The molecule has 2 amide bonds. The highest BCUT2D eigenvalue weighted by molar-refractivity contribution is 5.98. The second kappa shape index (κ2) is 7.87. The fourth-order valence-electron chi connectivity index (χ4n) is 5.45. The van der Waals surface area contributed by atoms with Crippen LogP contribution in [0.3, 0.4) is 0 Å². The quantitative estimate of drug-likeness (QED) is 0.775. The lowest BCUT2D eigenvalue weighted by atomic mass is 9.60. The van der Waals surface area contributed by atoms with Crippen LogP contribution in [0.15, 0.2) is 42.7 Å². The van der Waals surface area contributed by atoms with Gasteiger partial charge in [-0.3, -0.25) is 14.6 Å². The molecule has 2 heterocycles. The summed E-state index contributed by atoms with van der Waals surface area (Å²) in [5.74, 6) is 1.49. The molecule has 4 aliphatic rings. The van der Waals surface area contributed by atoms with Crippen LogP contribution >= 0.6 is 0 Å². The van der Waals surface area contributed by atoms with Gasteiger partial charge in [0.05, 0.1) is 12.7 Å². The zero-order valence-electron chi connectivity index (χ0n) is 17.6. The standard InChI is InChI=1S/C24H27N3O4/c1-30-18-4-5-19-21(13-18)31-24(27-23(19)29)14-16-2-3-17(24)12-20(16)22(28)26-11-8-15-6-9-25-10-7-15/h4-7,9-10,13,16-17,20H,2-3,8,11-12,14H2,1H3,(H,26,28)(H,27,29)/t16-,17+,20-,24+/m1/s1. The van der Waals surface area contributed by atoms with Gasteiger partial charge in [-0.2, -0.15) is 0 Å². The van der Waals surface area contributed by atoms with Crippen molar-refractivity contribution in [3.05, 3.63) is 53.9 Å². The molecule has 3 saturated carbocycles. The van der Waals surface area contributed by atoms with Gasteiger partial charge < -0.3 is 20.1 Å². The first-order valence-electron chi connectivity index (χ1n) is 10.9. The van der Waals surface area contributed by atoms with Crippen molar-refractivity contribution in [3.63, 3.8) is 0 Å². The summed E-state index contributed by atoms with van der Waals surface area (Å²) in [5, 5.41) is 6.25. The molecular formula is C24H27N3O4. The SMILES string of the molecule is COc1ccc2c(c1)O[C@]1(C[C@H]3CC[C@H]1C[C@H]3C(=O)NCCc1ccncc1)NC2=O. The van der Waals surface area contributed by atoms with Crippen LogP contribution in [0.4, 0.5) is 0 Å². The van der Waals surface area contributed by atoms with Crippen molar-refractivity contribution >= 4 is 11.8 Å². The second-order valence-electron chi connectivity index (χ2n) is 8.78. The first kappa shape index (κ1) is 19.8. The number of ether oxygens (including phenoxy) is 2. The van der Waals surface area contributed by atoms with Crippen molar-refractivity contribution in [2.75, 3.05) is 13.7 Å². The maximum atomic E-state index is 12.9. The summed E-state index contributed by atoms with van der Waals surface area (Å²) in [7, 11) is 1.60. The normalized spacial score (nSPS) is 28.4. The van der Waals surface area contributed by atoms with E-state index in [1.165, 1.54) is 0 Å². The number of aromatic nitrogens is 1. The summed E-state index contributed by atoms with van der Waals surface area (Å²) in [5.41, 5.74) is 0.956. The van der Waals surface area contributed by atoms with Crippen molar-refractivity contribution in [1.82, 2.24) is 15.6 Å². The smallest absolute Gasteiger partial charge is 0.258 e. The van der Waals surface area contributed by atoms with Gasteiger partial charge in [0, 0.05) is 43.3 Å². The Hall–Kier alpha value is -3.09. The number of carbonyl (C=O) groups is 2. The van der Waals surface area contributed by atoms with E-state index in [9.17, 15) is 9.59 Å². The van der Waals surface area contributed by atoms with Crippen molar-refractivity contribution in [3.8, 4) is 11.5 Å². The summed E-state index contributed by atoms with van der Waals surface area (Å²) in [4.78, 5) is 29.8. The third kappa shape index (κ3) is 3.62. The molecule has 0 unspecified atom stereocenters. The molecule has 2 N–H and O–H groups in total. The predicted molar refractivity (Wildman–Crippen MR) is 114 cm³/mol. The van der Waals surface area contributed by atoms with Gasteiger partial charge >= 0.3 is 0 Å². The van der Waals surface area contributed by atoms with Crippen LogP contribution in [0.5, 0.6) is 11.5 Å². The molecule has 0 saturated heterocycles. The van der Waals surface area contributed by atoms with E-state index in [1.807, 2.05) is 12.1 Å². The molecule has 3 fully saturated rings. The Morgan fingerprint density at radius 1 is 1.29 bits per heavy atom.